The van der Waals surface area contributed by atoms with Crippen LogP contribution in [0, 0.1) is 5.92 Å². The van der Waals surface area contributed by atoms with E-state index in [2.05, 4.69) is 24.9 Å². The zero-order chi connectivity index (χ0) is 12.1. The maximum Gasteiger partial charge on any atom is 0.213 e. The Labute approximate surface area is 104 Å². The lowest BCUT2D eigenvalue weighted by atomic mass is 9.98. The van der Waals surface area contributed by atoms with Crippen molar-refractivity contribution in [1.82, 2.24) is 4.98 Å². The van der Waals surface area contributed by atoms with Crippen LogP contribution in [0.25, 0.3) is 0 Å². The predicted octanol–water partition coefficient (Wildman–Crippen LogP) is 3.99. The summed E-state index contributed by atoms with van der Waals surface area (Å²) < 4.78 is 5.90. The molecule has 0 atom stereocenters. The van der Waals surface area contributed by atoms with Crippen LogP contribution in [0.5, 0.6) is 5.88 Å². The molecule has 1 fully saturated rings. The highest BCUT2D eigenvalue weighted by molar-refractivity contribution is 5.18. The van der Waals surface area contributed by atoms with Gasteiger partial charge in [-0.2, -0.15) is 0 Å². The lowest BCUT2D eigenvalue weighted by Crippen LogP contribution is -2.20. The highest BCUT2D eigenvalue weighted by Gasteiger charge is 2.15. The first-order valence-electron chi connectivity index (χ1n) is 6.85. The van der Waals surface area contributed by atoms with Crippen molar-refractivity contribution in [3.63, 3.8) is 0 Å². The molecule has 94 valence electrons. The Morgan fingerprint density at radius 2 is 2.00 bits per heavy atom. The summed E-state index contributed by atoms with van der Waals surface area (Å²) >= 11 is 0. The van der Waals surface area contributed by atoms with Crippen LogP contribution in [0.15, 0.2) is 18.3 Å². The molecule has 1 saturated carbocycles. The van der Waals surface area contributed by atoms with Gasteiger partial charge in [0, 0.05) is 12.3 Å². The van der Waals surface area contributed by atoms with Crippen molar-refractivity contribution < 1.29 is 4.74 Å². The molecule has 2 heteroatoms. The molecule has 0 saturated heterocycles. The third kappa shape index (κ3) is 4.03. The first kappa shape index (κ1) is 12.4. The number of aromatic nitrogens is 1. The molecule has 0 aromatic carbocycles. The fourth-order valence-corrected chi connectivity index (χ4v) is 2.43. The van der Waals surface area contributed by atoms with E-state index in [-0.39, 0.29) is 0 Å². The largest absolute Gasteiger partial charge is 0.474 e. The fraction of sp³-hybridized carbons (Fsp3) is 0.667. The van der Waals surface area contributed by atoms with Crippen molar-refractivity contribution in [3.05, 3.63) is 23.9 Å². The summed E-state index contributed by atoms with van der Waals surface area (Å²) in [4.78, 5) is 4.40. The summed E-state index contributed by atoms with van der Waals surface area (Å²) in [7, 11) is 0. The van der Waals surface area contributed by atoms with Gasteiger partial charge >= 0.3 is 0 Å². The quantitative estimate of drug-likeness (QED) is 0.784. The molecule has 17 heavy (non-hydrogen) atoms. The van der Waals surface area contributed by atoms with Gasteiger partial charge in [-0.1, -0.05) is 26.3 Å². The highest BCUT2D eigenvalue weighted by Crippen LogP contribution is 2.22. The Hall–Kier alpha value is -1.05. The van der Waals surface area contributed by atoms with Gasteiger partial charge < -0.3 is 4.74 Å². The van der Waals surface area contributed by atoms with E-state index in [1.807, 2.05) is 12.3 Å². The first-order chi connectivity index (χ1) is 8.24. The second kappa shape index (κ2) is 6.04. The second-order valence-electron chi connectivity index (χ2n) is 5.48. The molecule has 0 unspecified atom stereocenters. The van der Waals surface area contributed by atoms with Crippen molar-refractivity contribution in [1.29, 1.82) is 0 Å². The Kier molecular flexibility index (Phi) is 4.41. The van der Waals surface area contributed by atoms with Gasteiger partial charge in [-0.05, 0) is 43.6 Å². The standard InChI is InChI=1S/C15H23NO/c1-12(2)10-13-8-9-15(16-11-13)17-14-6-4-3-5-7-14/h8-9,11-12,14H,3-7,10H2,1-2H3. The minimum atomic E-state index is 0.396. The fourth-order valence-electron chi connectivity index (χ4n) is 2.43. The Morgan fingerprint density at radius 3 is 2.59 bits per heavy atom. The molecule has 1 aliphatic rings. The Balaban J connectivity index is 1.88. The van der Waals surface area contributed by atoms with Crippen LogP contribution >= 0.6 is 0 Å². The minimum absolute atomic E-state index is 0.396. The lowest BCUT2D eigenvalue weighted by Gasteiger charge is -2.22. The molecular formula is C15H23NO. The molecule has 0 amide bonds. The molecule has 2 nitrogen and oxygen atoms in total. The van der Waals surface area contributed by atoms with Crippen LogP contribution < -0.4 is 4.74 Å². The SMILES string of the molecule is CC(C)Cc1ccc(OC2CCCCC2)nc1. The van der Waals surface area contributed by atoms with Gasteiger partial charge in [0.05, 0.1) is 0 Å². The van der Waals surface area contributed by atoms with Crippen molar-refractivity contribution in [2.24, 2.45) is 5.92 Å². The molecular weight excluding hydrogens is 210 g/mol. The van der Waals surface area contributed by atoms with Gasteiger partial charge in [0.2, 0.25) is 5.88 Å². The van der Waals surface area contributed by atoms with Crippen LogP contribution in [0.1, 0.15) is 51.5 Å². The summed E-state index contributed by atoms with van der Waals surface area (Å²) in [6.07, 6.45) is 9.79. The van der Waals surface area contributed by atoms with Crippen molar-refractivity contribution in [3.8, 4) is 5.88 Å². The van der Waals surface area contributed by atoms with Gasteiger partial charge in [0.15, 0.2) is 0 Å². The van der Waals surface area contributed by atoms with Gasteiger partial charge in [0.1, 0.15) is 6.10 Å². The van der Waals surface area contributed by atoms with Gasteiger partial charge in [-0.15, -0.1) is 0 Å². The van der Waals surface area contributed by atoms with E-state index in [1.165, 1.54) is 37.7 Å². The van der Waals surface area contributed by atoms with Crippen LogP contribution in [-0.2, 0) is 6.42 Å². The van der Waals surface area contributed by atoms with E-state index in [0.717, 1.165) is 12.3 Å². The van der Waals surface area contributed by atoms with Gasteiger partial charge in [-0.25, -0.2) is 4.98 Å². The van der Waals surface area contributed by atoms with Crippen LogP contribution in [0.4, 0.5) is 0 Å². The average Bonchev–Trinajstić information content (AvgIpc) is 2.32. The van der Waals surface area contributed by atoms with Crippen LogP contribution in [0.3, 0.4) is 0 Å². The van der Waals surface area contributed by atoms with Gasteiger partial charge in [0.25, 0.3) is 0 Å². The second-order valence-corrected chi connectivity index (χ2v) is 5.48. The number of pyridine rings is 1. The van der Waals surface area contributed by atoms with E-state index in [0.29, 0.717) is 12.0 Å². The highest BCUT2D eigenvalue weighted by atomic mass is 16.5. The maximum absolute atomic E-state index is 5.90. The van der Waals surface area contributed by atoms with E-state index >= 15 is 0 Å². The van der Waals surface area contributed by atoms with Crippen LogP contribution in [0.2, 0.25) is 0 Å². The monoisotopic (exact) mass is 233 g/mol. The first-order valence-corrected chi connectivity index (χ1v) is 6.85. The third-order valence-corrected chi connectivity index (χ3v) is 3.28. The zero-order valence-corrected chi connectivity index (χ0v) is 11.0. The van der Waals surface area contributed by atoms with Gasteiger partial charge in [-0.3, -0.25) is 0 Å². The third-order valence-electron chi connectivity index (χ3n) is 3.28. The molecule has 0 aliphatic heterocycles. The molecule has 0 radical (unpaired) electrons. The summed E-state index contributed by atoms with van der Waals surface area (Å²) in [6.45, 7) is 4.46. The molecule has 1 aromatic heterocycles. The Bertz CT molecular complexity index is 325. The summed E-state index contributed by atoms with van der Waals surface area (Å²) in [5.74, 6) is 1.48. The van der Waals surface area contributed by atoms with E-state index in [4.69, 9.17) is 4.74 Å². The molecule has 0 bridgehead atoms. The van der Waals surface area contributed by atoms with Crippen LogP contribution in [-0.4, -0.2) is 11.1 Å². The predicted molar refractivity (Wildman–Crippen MR) is 70.3 cm³/mol. The molecule has 0 spiro atoms. The number of nitrogens with zero attached hydrogens (tertiary/aromatic N) is 1. The summed E-state index contributed by atoms with van der Waals surface area (Å²) in [5.41, 5.74) is 1.30. The van der Waals surface area contributed by atoms with E-state index < -0.39 is 0 Å². The van der Waals surface area contributed by atoms with E-state index in [9.17, 15) is 0 Å². The smallest absolute Gasteiger partial charge is 0.213 e. The van der Waals surface area contributed by atoms with E-state index in [1.54, 1.807) is 0 Å². The molecule has 1 aromatic rings. The molecule has 1 heterocycles. The number of hydrogen-bond acceptors (Lipinski definition) is 2. The molecule has 0 N–H and O–H groups in total. The van der Waals surface area contributed by atoms with Crippen molar-refractivity contribution in [2.45, 2.75) is 58.5 Å². The number of rotatable bonds is 4. The topological polar surface area (TPSA) is 22.1 Å². The lowest BCUT2D eigenvalue weighted by molar-refractivity contribution is 0.148. The average molecular weight is 233 g/mol. The van der Waals surface area contributed by atoms with Crippen molar-refractivity contribution in [2.75, 3.05) is 0 Å². The Morgan fingerprint density at radius 1 is 1.24 bits per heavy atom. The number of hydrogen-bond donors (Lipinski definition) is 0. The summed E-state index contributed by atoms with van der Waals surface area (Å²) in [6, 6.07) is 4.16. The minimum Gasteiger partial charge on any atom is -0.474 e. The van der Waals surface area contributed by atoms with Crippen molar-refractivity contribution >= 4 is 0 Å². The molecule has 1 aliphatic carbocycles. The summed E-state index contributed by atoms with van der Waals surface area (Å²) in [5, 5.41) is 0. The number of ether oxygens (including phenoxy) is 1. The zero-order valence-electron chi connectivity index (χ0n) is 11.0. The maximum atomic E-state index is 5.90. The normalized spacial score (nSPS) is 17.4. The molecule has 2 rings (SSSR count).